The molecule has 2 rings (SSSR count). The summed E-state index contributed by atoms with van der Waals surface area (Å²) in [5.41, 5.74) is 1.09. The number of hydrogen-bond donors (Lipinski definition) is 1. The predicted molar refractivity (Wildman–Crippen MR) is 73.9 cm³/mol. The Labute approximate surface area is 113 Å². The third-order valence-corrected chi connectivity index (χ3v) is 3.81. The van der Waals surface area contributed by atoms with E-state index in [1.807, 2.05) is 12.1 Å². The lowest BCUT2D eigenvalue weighted by atomic mass is 9.92. The number of ether oxygens (including phenoxy) is 2. The maximum atomic E-state index is 6.33. The average Bonchev–Trinajstić information content (AvgIpc) is 2.42. The Morgan fingerprint density at radius 1 is 1.33 bits per heavy atom. The van der Waals surface area contributed by atoms with E-state index in [9.17, 15) is 0 Å². The Hall–Kier alpha value is -0.930. The van der Waals surface area contributed by atoms with Crippen LogP contribution in [-0.4, -0.2) is 27.3 Å². The maximum Gasteiger partial charge on any atom is 0.127 e. The molecule has 3 nitrogen and oxygen atoms in total. The topological polar surface area (TPSA) is 30.5 Å². The lowest BCUT2D eigenvalue weighted by molar-refractivity contribution is 0.361. The van der Waals surface area contributed by atoms with Crippen LogP contribution in [0.5, 0.6) is 11.5 Å². The second-order valence-corrected chi connectivity index (χ2v) is 5.11. The fourth-order valence-corrected chi connectivity index (χ4v) is 2.75. The summed E-state index contributed by atoms with van der Waals surface area (Å²) in [6, 6.07) is 3.76. The van der Waals surface area contributed by atoms with Gasteiger partial charge in [0.1, 0.15) is 11.5 Å². The summed E-state index contributed by atoms with van der Waals surface area (Å²) in [6.45, 7) is 2.19. The van der Waals surface area contributed by atoms with Crippen LogP contribution in [0.1, 0.15) is 18.4 Å². The molecule has 1 N–H and O–H groups in total. The van der Waals surface area contributed by atoms with Gasteiger partial charge in [-0.2, -0.15) is 0 Å². The number of benzene rings is 1. The van der Waals surface area contributed by atoms with Gasteiger partial charge in [0.15, 0.2) is 0 Å². The molecule has 1 heterocycles. The molecular weight excluding hydrogens is 250 g/mol. The molecule has 0 bridgehead atoms. The molecule has 0 aromatic heterocycles. The van der Waals surface area contributed by atoms with E-state index in [-0.39, 0.29) is 0 Å². The van der Waals surface area contributed by atoms with E-state index in [0.29, 0.717) is 5.92 Å². The van der Waals surface area contributed by atoms with Crippen LogP contribution >= 0.6 is 11.6 Å². The fraction of sp³-hybridized carbons (Fsp3) is 0.571. The first kappa shape index (κ1) is 13.5. The van der Waals surface area contributed by atoms with Crippen LogP contribution in [0.25, 0.3) is 0 Å². The summed E-state index contributed by atoms with van der Waals surface area (Å²) in [5, 5.41) is 4.16. The van der Waals surface area contributed by atoms with Crippen molar-refractivity contribution >= 4 is 11.6 Å². The van der Waals surface area contributed by atoms with Gasteiger partial charge in [0, 0.05) is 11.6 Å². The molecule has 0 spiro atoms. The summed E-state index contributed by atoms with van der Waals surface area (Å²) in [7, 11) is 3.31. The minimum Gasteiger partial charge on any atom is -0.497 e. The Kier molecular flexibility index (Phi) is 4.72. The molecule has 0 amide bonds. The quantitative estimate of drug-likeness (QED) is 0.912. The highest BCUT2D eigenvalue weighted by molar-refractivity contribution is 6.31. The van der Waals surface area contributed by atoms with E-state index in [4.69, 9.17) is 21.1 Å². The summed E-state index contributed by atoms with van der Waals surface area (Å²) >= 11 is 6.33. The molecule has 1 atom stereocenters. The number of piperidine rings is 1. The normalized spacial score (nSPS) is 19.6. The van der Waals surface area contributed by atoms with Crippen LogP contribution in [0.3, 0.4) is 0 Å². The van der Waals surface area contributed by atoms with Gasteiger partial charge in [0.2, 0.25) is 0 Å². The number of halogens is 1. The first-order valence-corrected chi connectivity index (χ1v) is 6.73. The number of nitrogens with one attached hydrogen (secondary N) is 1. The second kappa shape index (κ2) is 6.30. The molecule has 0 saturated carbocycles. The van der Waals surface area contributed by atoms with E-state index in [0.717, 1.165) is 41.6 Å². The van der Waals surface area contributed by atoms with Crippen molar-refractivity contribution in [1.82, 2.24) is 5.32 Å². The van der Waals surface area contributed by atoms with Crippen molar-refractivity contribution in [1.29, 1.82) is 0 Å². The molecule has 4 heteroatoms. The largest absolute Gasteiger partial charge is 0.497 e. The Bertz CT molecular complexity index is 403. The monoisotopic (exact) mass is 269 g/mol. The van der Waals surface area contributed by atoms with Gasteiger partial charge < -0.3 is 14.8 Å². The molecule has 18 heavy (non-hydrogen) atoms. The van der Waals surface area contributed by atoms with Gasteiger partial charge in [-0.15, -0.1) is 0 Å². The minimum absolute atomic E-state index is 0.638. The van der Waals surface area contributed by atoms with Crippen LogP contribution in [-0.2, 0) is 6.42 Å². The Balaban J connectivity index is 2.19. The van der Waals surface area contributed by atoms with Gasteiger partial charge in [0.05, 0.1) is 19.2 Å². The van der Waals surface area contributed by atoms with Gasteiger partial charge >= 0.3 is 0 Å². The molecule has 1 aromatic carbocycles. The van der Waals surface area contributed by atoms with Crippen LogP contribution < -0.4 is 14.8 Å². The third-order valence-electron chi connectivity index (χ3n) is 3.48. The molecule has 1 fully saturated rings. The van der Waals surface area contributed by atoms with Gasteiger partial charge in [-0.05, 0) is 44.3 Å². The SMILES string of the molecule is COc1cc(Cl)c(CC2CCCNC2)c(OC)c1. The molecule has 1 saturated heterocycles. The fourth-order valence-electron chi connectivity index (χ4n) is 2.47. The van der Waals surface area contributed by atoms with Crippen molar-refractivity contribution in [2.45, 2.75) is 19.3 Å². The zero-order valence-corrected chi connectivity index (χ0v) is 11.7. The van der Waals surface area contributed by atoms with E-state index >= 15 is 0 Å². The lowest BCUT2D eigenvalue weighted by Crippen LogP contribution is -2.31. The van der Waals surface area contributed by atoms with Crippen LogP contribution in [0.4, 0.5) is 0 Å². The van der Waals surface area contributed by atoms with Crippen molar-refractivity contribution < 1.29 is 9.47 Å². The van der Waals surface area contributed by atoms with Crippen molar-refractivity contribution in [3.8, 4) is 11.5 Å². The molecule has 1 aliphatic rings. The zero-order valence-electron chi connectivity index (χ0n) is 11.0. The molecule has 1 aliphatic heterocycles. The number of hydrogen-bond acceptors (Lipinski definition) is 3. The molecule has 100 valence electrons. The van der Waals surface area contributed by atoms with Crippen LogP contribution in [0, 0.1) is 5.92 Å². The van der Waals surface area contributed by atoms with E-state index in [1.165, 1.54) is 12.8 Å². The average molecular weight is 270 g/mol. The molecule has 0 radical (unpaired) electrons. The van der Waals surface area contributed by atoms with Crippen molar-refractivity contribution in [2.24, 2.45) is 5.92 Å². The summed E-state index contributed by atoms with van der Waals surface area (Å²) in [4.78, 5) is 0. The highest BCUT2D eigenvalue weighted by Gasteiger charge is 2.18. The van der Waals surface area contributed by atoms with E-state index in [1.54, 1.807) is 14.2 Å². The second-order valence-electron chi connectivity index (χ2n) is 4.71. The van der Waals surface area contributed by atoms with Crippen molar-refractivity contribution in [3.63, 3.8) is 0 Å². The van der Waals surface area contributed by atoms with E-state index in [2.05, 4.69) is 5.32 Å². The Morgan fingerprint density at radius 3 is 2.78 bits per heavy atom. The van der Waals surface area contributed by atoms with Gasteiger partial charge in [-0.3, -0.25) is 0 Å². The number of methoxy groups -OCH3 is 2. The van der Waals surface area contributed by atoms with Gasteiger partial charge in [-0.1, -0.05) is 11.6 Å². The summed E-state index contributed by atoms with van der Waals surface area (Å²) in [6.07, 6.45) is 3.44. The van der Waals surface area contributed by atoms with Crippen molar-refractivity contribution in [2.75, 3.05) is 27.3 Å². The first-order valence-electron chi connectivity index (χ1n) is 6.35. The first-order chi connectivity index (χ1) is 8.74. The maximum absolute atomic E-state index is 6.33. The van der Waals surface area contributed by atoms with Crippen LogP contribution in [0.2, 0.25) is 5.02 Å². The lowest BCUT2D eigenvalue weighted by Gasteiger charge is -2.24. The highest BCUT2D eigenvalue weighted by Crippen LogP contribution is 2.34. The molecule has 1 unspecified atom stereocenters. The third kappa shape index (κ3) is 3.09. The van der Waals surface area contributed by atoms with E-state index < -0.39 is 0 Å². The number of rotatable bonds is 4. The molecular formula is C14H20ClNO2. The molecule has 0 aliphatic carbocycles. The summed E-state index contributed by atoms with van der Waals surface area (Å²) in [5.74, 6) is 2.20. The van der Waals surface area contributed by atoms with Gasteiger partial charge in [-0.25, -0.2) is 0 Å². The van der Waals surface area contributed by atoms with Crippen LogP contribution in [0.15, 0.2) is 12.1 Å². The summed E-state index contributed by atoms with van der Waals surface area (Å²) < 4.78 is 10.6. The predicted octanol–water partition coefficient (Wildman–Crippen LogP) is 2.90. The van der Waals surface area contributed by atoms with Gasteiger partial charge in [0.25, 0.3) is 0 Å². The Morgan fingerprint density at radius 2 is 2.17 bits per heavy atom. The highest BCUT2D eigenvalue weighted by atomic mass is 35.5. The minimum atomic E-state index is 0.638. The zero-order chi connectivity index (χ0) is 13.0. The standard InChI is InChI=1S/C14H20ClNO2/c1-17-11-7-13(15)12(14(8-11)18-2)6-10-4-3-5-16-9-10/h7-8,10,16H,3-6,9H2,1-2H3. The van der Waals surface area contributed by atoms with Crippen molar-refractivity contribution in [3.05, 3.63) is 22.7 Å². The molecule has 1 aromatic rings. The smallest absolute Gasteiger partial charge is 0.127 e.